The molecule has 0 saturated carbocycles. The third kappa shape index (κ3) is 4.47. The minimum absolute atomic E-state index is 0.116. The van der Waals surface area contributed by atoms with Crippen LogP contribution in [0.1, 0.15) is 21.5 Å². The number of carbonyl (C=O) groups excluding carboxylic acids is 2. The first-order valence-electron chi connectivity index (χ1n) is 10.9. The van der Waals surface area contributed by atoms with Crippen molar-refractivity contribution in [3.8, 4) is 0 Å². The number of rotatable bonds is 5. The first-order valence-corrected chi connectivity index (χ1v) is 12.1. The highest BCUT2D eigenvalue weighted by atomic mass is 35.5. The first-order chi connectivity index (χ1) is 16.5. The van der Waals surface area contributed by atoms with E-state index in [4.69, 9.17) is 11.6 Å². The Morgan fingerprint density at radius 1 is 1.12 bits per heavy atom. The zero-order chi connectivity index (χ0) is 23.7. The summed E-state index contributed by atoms with van der Waals surface area (Å²) in [4.78, 5) is 32.1. The van der Waals surface area contributed by atoms with E-state index in [1.165, 1.54) is 22.7 Å². The molecule has 5 nitrogen and oxygen atoms in total. The Kier molecular flexibility index (Phi) is 6.18. The molecule has 4 aromatic rings. The van der Waals surface area contributed by atoms with Gasteiger partial charge in [-0.25, -0.2) is 0 Å². The van der Waals surface area contributed by atoms with E-state index in [1.807, 2.05) is 54.7 Å². The summed E-state index contributed by atoms with van der Waals surface area (Å²) in [7, 11) is 1.73. The fourth-order valence-corrected chi connectivity index (χ4v) is 5.33. The van der Waals surface area contributed by atoms with E-state index in [2.05, 4.69) is 16.4 Å². The zero-order valence-corrected chi connectivity index (χ0v) is 20.0. The molecule has 1 aromatic heterocycles. The van der Waals surface area contributed by atoms with E-state index in [-0.39, 0.29) is 11.8 Å². The quantitative estimate of drug-likeness (QED) is 0.344. The molecule has 0 spiro atoms. The molecule has 2 amide bonds. The Balaban J connectivity index is 1.29. The van der Waals surface area contributed by atoms with Crippen LogP contribution >= 0.6 is 23.4 Å². The largest absolute Gasteiger partial charge is 0.361 e. The number of H-pyrrole nitrogens is 1. The van der Waals surface area contributed by atoms with Crippen LogP contribution in [0.15, 0.2) is 82.7 Å². The van der Waals surface area contributed by atoms with Crippen molar-refractivity contribution >= 4 is 57.8 Å². The van der Waals surface area contributed by atoms with Gasteiger partial charge in [0.05, 0.1) is 10.6 Å². The third-order valence-corrected chi connectivity index (χ3v) is 7.13. The summed E-state index contributed by atoms with van der Waals surface area (Å²) in [6.07, 6.45) is 4.55. The van der Waals surface area contributed by atoms with Crippen molar-refractivity contribution in [1.29, 1.82) is 0 Å². The average molecular weight is 488 g/mol. The van der Waals surface area contributed by atoms with Gasteiger partial charge in [0.15, 0.2) is 0 Å². The van der Waals surface area contributed by atoms with E-state index < -0.39 is 0 Å². The van der Waals surface area contributed by atoms with Crippen molar-refractivity contribution in [2.24, 2.45) is 0 Å². The number of likely N-dealkylation sites (N-methyl/N-ethyl adjacent to an activating group) is 1. The number of halogens is 1. The SMILES string of the molecule is CN1C(=O)/C(=C/c2cccc(Cl)c2)Sc2ccc(C(=O)NCCc3c[nH]c4ccccc34)cc21. The first kappa shape index (κ1) is 22.3. The third-order valence-electron chi connectivity index (χ3n) is 5.82. The van der Waals surface area contributed by atoms with Crippen LogP contribution in [0.3, 0.4) is 0 Å². The maximum absolute atomic E-state index is 13.0. The van der Waals surface area contributed by atoms with Crippen LogP contribution in [0.2, 0.25) is 5.02 Å². The summed E-state index contributed by atoms with van der Waals surface area (Å²) in [5.74, 6) is -0.275. The number of aromatic nitrogens is 1. The number of nitrogens with zero attached hydrogens (tertiary/aromatic N) is 1. The van der Waals surface area contributed by atoms with Crippen molar-refractivity contribution in [1.82, 2.24) is 10.3 Å². The minimum atomic E-state index is -0.159. The van der Waals surface area contributed by atoms with E-state index in [9.17, 15) is 9.59 Å². The normalized spacial score (nSPS) is 14.5. The van der Waals surface area contributed by atoms with Crippen molar-refractivity contribution in [2.45, 2.75) is 11.3 Å². The van der Waals surface area contributed by atoms with Crippen molar-refractivity contribution in [3.05, 3.63) is 99.5 Å². The lowest BCUT2D eigenvalue weighted by Crippen LogP contribution is -2.31. The molecule has 0 fully saturated rings. The van der Waals surface area contributed by atoms with Gasteiger partial charge >= 0.3 is 0 Å². The minimum Gasteiger partial charge on any atom is -0.361 e. The predicted molar refractivity (Wildman–Crippen MR) is 139 cm³/mol. The predicted octanol–water partition coefficient (Wildman–Crippen LogP) is 5.90. The topological polar surface area (TPSA) is 65.2 Å². The molecule has 0 bridgehead atoms. The van der Waals surface area contributed by atoms with Gasteiger partial charge in [0.2, 0.25) is 0 Å². The summed E-state index contributed by atoms with van der Waals surface area (Å²) in [6.45, 7) is 0.522. The highest BCUT2D eigenvalue weighted by Crippen LogP contribution is 2.42. The summed E-state index contributed by atoms with van der Waals surface area (Å²) in [5.41, 5.74) is 4.38. The van der Waals surface area contributed by atoms with Crippen molar-refractivity contribution in [2.75, 3.05) is 18.5 Å². The van der Waals surface area contributed by atoms with Crippen molar-refractivity contribution < 1.29 is 9.59 Å². The lowest BCUT2D eigenvalue weighted by Gasteiger charge is -2.27. The molecule has 0 atom stereocenters. The van der Waals surface area contributed by atoms with Crippen LogP contribution in [0.25, 0.3) is 17.0 Å². The van der Waals surface area contributed by atoms with Crippen LogP contribution in [-0.4, -0.2) is 30.4 Å². The smallest absolute Gasteiger partial charge is 0.264 e. The van der Waals surface area contributed by atoms with Gasteiger partial charge in [0, 0.05) is 46.2 Å². The Labute approximate surface area is 206 Å². The fourth-order valence-electron chi connectivity index (χ4n) is 4.03. The molecule has 0 saturated heterocycles. The van der Waals surface area contributed by atoms with Gasteiger partial charge in [-0.3, -0.25) is 9.59 Å². The standard InChI is InChI=1S/C27H22ClN3O2S/c1-31-23-15-18(26(32)29-12-11-19-16-30-22-8-3-2-7-21(19)22)9-10-24(23)34-25(27(31)33)14-17-5-4-6-20(28)13-17/h2-10,13-16,30H,11-12H2,1H3,(H,29,32)/b25-14-. The number of carbonyl (C=O) groups is 2. The van der Waals surface area contributed by atoms with Crippen molar-refractivity contribution in [3.63, 3.8) is 0 Å². The number of anilines is 1. The lowest BCUT2D eigenvalue weighted by atomic mass is 10.1. The number of amides is 2. The molecule has 7 heteroatoms. The van der Waals surface area contributed by atoms with Crippen LogP contribution in [0, 0.1) is 0 Å². The number of aromatic amines is 1. The Morgan fingerprint density at radius 3 is 2.82 bits per heavy atom. The van der Waals surface area contributed by atoms with Gasteiger partial charge in [0.1, 0.15) is 0 Å². The highest BCUT2D eigenvalue weighted by molar-refractivity contribution is 8.04. The van der Waals surface area contributed by atoms with Gasteiger partial charge < -0.3 is 15.2 Å². The molecule has 170 valence electrons. The molecule has 0 radical (unpaired) electrons. The summed E-state index contributed by atoms with van der Waals surface area (Å²) < 4.78 is 0. The highest BCUT2D eigenvalue weighted by Gasteiger charge is 2.27. The van der Waals surface area contributed by atoms with Crippen LogP contribution in [-0.2, 0) is 11.2 Å². The van der Waals surface area contributed by atoms with Gasteiger partial charge in [0.25, 0.3) is 11.8 Å². The lowest BCUT2D eigenvalue weighted by molar-refractivity contribution is -0.114. The van der Waals surface area contributed by atoms with Gasteiger partial charge in [-0.05, 0) is 60.0 Å². The number of hydrogen-bond acceptors (Lipinski definition) is 3. The van der Waals surface area contributed by atoms with E-state index in [0.717, 1.165) is 28.1 Å². The molecule has 3 aromatic carbocycles. The number of nitrogens with one attached hydrogen (secondary N) is 2. The second-order valence-electron chi connectivity index (χ2n) is 8.08. The second-order valence-corrected chi connectivity index (χ2v) is 9.60. The second kappa shape index (κ2) is 9.41. The summed E-state index contributed by atoms with van der Waals surface area (Å²) in [6, 6.07) is 21.0. The van der Waals surface area contributed by atoms with E-state index in [0.29, 0.717) is 22.0 Å². The number of hydrogen-bond donors (Lipinski definition) is 2. The number of thioether (sulfide) groups is 1. The molecule has 1 aliphatic heterocycles. The van der Waals surface area contributed by atoms with E-state index in [1.54, 1.807) is 30.1 Å². The fraction of sp³-hybridized carbons (Fsp3) is 0.111. The Bertz CT molecular complexity index is 1440. The number of para-hydroxylation sites is 1. The van der Waals surface area contributed by atoms with Crippen LogP contribution in [0.4, 0.5) is 5.69 Å². The molecule has 34 heavy (non-hydrogen) atoms. The van der Waals surface area contributed by atoms with Gasteiger partial charge in [-0.15, -0.1) is 0 Å². The van der Waals surface area contributed by atoms with Crippen LogP contribution < -0.4 is 10.2 Å². The summed E-state index contributed by atoms with van der Waals surface area (Å²) in [5, 5.41) is 4.79. The Hall–Kier alpha value is -3.48. The van der Waals surface area contributed by atoms with Crippen LogP contribution in [0.5, 0.6) is 0 Å². The Morgan fingerprint density at radius 2 is 1.97 bits per heavy atom. The molecule has 0 aliphatic carbocycles. The number of fused-ring (bicyclic) bond motifs is 2. The molecule has 1 aliphatic rings. The molecular weight excluding hydrogens is 466 g/mol. The molecular formula is C27H22ClN3O2S. The molecule has 0 unspecified atom stereocenters. The maximum atomic E-state index is 13.0. The average Bonchev–Trinajstić information content (AvgIpc) is 3.25. The van der Waals surface area contributed by atoms with E-state index >= 15 is 0 Å². The van der Waals surface area contributed by atoms with Gasteiger partial charge in [-0.1, -0.05) is 53.7 Å². The molecule has 2 N–H and O–H groups in total. The maximum Gasteiger partial charge on any atom is 0.264 e. The monoisotopic (exact) mass is 487 g/mol. The molecule has 5 rings (SSSR count). The van der Waals surface area contributed by atoms with Gasteiger partial charge in [-0.2, -0.15) is 0 Å². The number of benzene rings is 3. The molecule has 2 heterocycles. The summed E-state index contributed by atoms with van der Waals surface area (Å²) >= 11 is 7.47. The zero-order valence-electron chi connectivity index (χ0n) is 18.5.